The van der Waals surface area contributed by atoms with Gasteiger partial charge in [0.2, 0.25) is 0 Å². The molecule has 0 radical (unpaired) electrons. The molecule has 1 aromatic heterocycles. The molecule has 33 heavy (non-hydrogen) atoms. The SMILES string of the molecule is C=NN(/C=C\C)c1cccc(Cc2cnc(N3CCc4ccc(Br)cc4C3)s2)c1.CC.CC. The Morgan fingerprint density at radius 2 is 1.94 bits per heavy atom. The van der Waals surface area contributed by atoms with E-state index in [1.54, 1.807) is 16.3 Å². The molecule has 2 aromatic carbocycles. The van der Waals surface area contributed by atoms with Crippen LogP contribution in [0.4, 0.5) is 10.8 Å². The van der Waals surface area contributed by atoms with Gasteiger partial charge in [0.25, 0.3) is 0 Å². The van der Waals surface area contributed by atoms with Gasteiger partial charge in [-0.05, 0) is 54.3 Å². The molecule has 3 aromatic rings. The predicted octanol–water partition coefficient (Wildman–Crippen LogP) is 8.07. The number of halogens is 1. The number of aromatic nitrogens is 1. The fourth-order valence-corrected chi connectivity index (χ4v) is 4.96. The molecular formula is C27H35BrN4S. The van der Waals surface area contributed by atoms with Crippen LogP contribution in [-0.4, -0.2) is 18.2 Å². The number of fused-ring (bicyclic) bond motifs is 1. The van der Waals surface area contributed by atoms with E-state index in [1.807, 2.05) is 59.2 Å². The van der Waals surface area contributed by atoms with E-state index in [1.165, 1.54) is 21.6 Å². The molecule has 0 atom stereocenters. The Hall–Kier alpha value is -2.44. The summed E-state index contributed by atoms with van der Waals surface area (Å²) < 4.78 is 1.14. The topological polar surface area (TPSA) is 31.7 Å². The van der Waals surface area contributed by atoms with Crippen LogP contribution in [0.5, 0.6) is 0 Å². The van der Waals surface area contributed by atoms with Gasteiger partial charge < -0.3 is 4.90 Å². The summed E-state index contributed by atoms with van der Waals surface area (Å²) in [4.78, 5) is 8.37. The van der Waals surface area contributed by atoms with Crippen LogP contribution in [0.3, 0.4) is 0 Å². The maximum absolute atomic E-state index is 4.72. The third-order valence-corrected chi connectivity index (χ3v) is 6.54. The van der Waals surface area contributed by atoms with Gasteiger partial charge in [-0.1, -0.05) is 67.9 Å². The van der Waals surface area contributed by atoms with Gasteiger partial charge >= 0.3 is 0 Å². The van der Waals surface area contributed by atoms with Crippen molar-refractivity contribution < 1.29 is 0 Å². The number of allylic oxidation sites excluding steroid dienone is 1. The van der Waals surface area contributed by atoms with E-state index in [-0.39, 0.29) is 0 Å². The van der Waals surface area contributed by atoms with Gasteiger partial charge in [-0.3, -0.25) is 0 Å². The minimum atomic E-state index is 0.863. The van der Waals surface area contributed by atoms with Gasteiger partial charge in [0.1, 0.15) is 0 Å². The molecule has 0 saturated carbocycles. The number of thiazole rings is 1. The minimum absolute atomic E-state index is 0.863. The summed E-state index contributed by atoms with van der Waals surface area (Å²) in [5, 5.41) is 6.95. The summed E-state index contributed by atoms with van der Waals surface area (Å²) in [6.45, 7) is 15.6. The largest absolute Gasteiger partial charge is 0.343 e. The maximum atomic E-state index is 4.72. The van der Waals surface area contributed by atoms with Crippen LogP contribution >= 0.6 is 27.3 Å². The van der Waals surface area contributed by atoms with Crippen LogP contribution < -0.4 is 9.91 Å². The number of hydrogen-bond donors (Lipinski definition) is 0. The van der Waals surface area contributed by atoms with Crippen molar-refractivity contribution in [2.45, 2.75) is 54.0 Å². The second-order valence-corrected chi connectivity index (χ2v) is 9.02. The Bertz CT molecular complexity index is 1040. The quantitative estimate of drug-likeness (QED) is 0.240. The summed E-state index contributed by atoms with van der Waals surface area (Å²) in [6.07, 6.45) is 7.80. The lowest BCUT2D eigenvalue weighted by Gasteiger charge is -2.28. The van der Waals surface area contributed by atoms with E-state index in [0.29, 0.717) is 0 Å². The summed E-state index contributed by atoms with van der Waals surface area (Å²) in [5.74, 6) is 0. The first kappa shape index (κ1) is 26.8. The maximum Gasteiger partial charge on any atom is 0.185 e. The van der Waals surface area contributed by atoms with Crippen molar-refractivity contribution >= 4 is 44.8 Å². The molecule has 6 heteroatoms. The molecule has 0 N–H and O–H groups in total. The molecule has 1 aliphatic rings. The molecular weight excluding hydrogens is 492 g/mol. The van der Waals surface area contributed by atoms with Crippen LogP contribution in [0, 0.1) is 0 Å². The first-order valence-electron chi connectivity index (χ1n) is 11.6. The van der Waals surface area contributed by atoms with Crippen molar-refractivity contribution in [3.63, 3.8) is 0 Å². The van der Waals surface area contributed by atoms with Crippen molar-refractivity contribution in [2.24, 2.45) is 5.10 Å². The molecule has 4 nitrogen and oxygen atoms in total. The molecule has 176 valence electrons. The predicted molar refractivity (Wildman–Crippen MR) is 150 cm³/mol. The number of anilines is 2. The fourth-order valence-electron chi connectivity index (χ4n) is 3.58. The molecule has 0 aliphatic carbocycles. The van der Waals surface area contributed by atoms with Gasteiger partial charge in [0, 0.05) is 48.0 Å². The number of hydrogen-bond acceptors (Lipinski definition) is 5. The van der Waals surface area contributed by atoms with Crippen molar-refractivity contribution in [3.05, 3.63) is 87.0 Å². The van der Waals surface area contributed by atoms with Crippen molar-refractivity contribution in [1.82, 2.24) is 4.98 Å². The molecule has 0 saturated heterocycles. The molecule has 0 fully saturated rings. The molecule has 0 amide bonds. The third-order valence-electron chi connectivity index (χ3n) is 4.99. The highest BCUT2D eigenvalue weighted by atomic mass is 79.9. The van der Waals surface area contributed by atoms with Crippen LogP contribution in [0.25, 0.3) is 0 Å². The van der Waals surface area contributed by atoms with Gasteiger partial charge in [0.05, 0.1) is 5.69 Å². The third kappa shape index (κ3) is 7.27. The average Bonchev–Trinajstić information content (AvgIpc) is 3.33. The lowest BCUT2D eigenvalue weighted by molar-refractivity contribution is 0.728. The summed E-state index contributed by atoms with van der Waals surface area (Å²) in [6, 6.07) is 15.0. The van der Waals surface area contributed by atoms with Crippen molar-refractivity contribution in [3.8, 4) is 0 Å². The summed E-state index contributed by atoms with van der Waals surface area (Å²) in [5.41, 5.74) is 5.08. The number of rotatable bonds is 6. The normalized spacial score (nSPS) is 12.2. The van der Waals surface area contributed by atoms with Crippen LogP contribution in [0.2, 0.25) is 0 Å². The van der Waals surface area contributed by atoms with Gasteiger partial charge in [0.15, 0.2) is 5.13 Å². The number of nitrogens with zero attached hydrogens (tertiary/aromatic N) is 4. The van der Waals surface area contributed by atoms with Gasteiger partial charge in [-0.25, -0.2) is 9.99 Å². The first-order valence-corrected chi connectivity index (χ1v) is 13.2. The molecule has 2 heterocycles. The minimum Gasteiger partial charge on any atom is -0.343 e. The van der Waals surface area contributed by atoms with Crippen molar-refractivity contribution in [1.29, 1.82) is 0 Å². The van der Waals surface area contributed by atoms with Crippen molar-refractivity contribution in [2.75, 3.05) is 16.5 Å². The first-order chi connectivity index (χ1) is 16.2. The number of hydrazone groups is 1. The molecule has 1 aliphatic heterocycles. The highest BCUT2D eigenvalue weighted by molar-refractivity contribution is 9.10. The Morgan fingerprint density at radius 3 is 2.67 bits per heavy atom. The zero-order valence-corrected chi connectivity index (χ0v) is 22.8. The van der Waals surface area contributed by atoms with E-state index >= 15 is 0 Å². The van der Waals surface area contributed by atoms with Crippen LogP contribution in [0.15, 0.2) is 70.5 Å². The van der Waals surface area contributed by atoms with E-state index in [9.17, 15) is 0 Å². The standard InChI is InChI=1S/C23H23BrN4S.2C2H6/c1-3-10-28(25-2)21-6-4-5-17(12-21)13-22-15-26-23(29-22)27-11-9-18-7-8-20(24)14-19(18)16-27;2*1-2/h3-8,10,12,14-15H,2,9,11,13,16H2,1H3;2*1-2H3/b10-3-;;. The van der Waals surface area contributed by atoms with Gasteiger partial charge in [-0.2, -0.15) is 5.10 Å². The van der Waals surface area contributed by atoms with Crippen LogP contribution in [0.1, 0.15) is 56.2 Å². The second kappa shape index (κ2) is 14.0. The smallest absolute Gasteiger partial charge is 0.185 e. The highest BCUT2D eigenvalue weighted by Gasteiger charge is 2.19. The Balaban J connectivity index is 0.000000914. The highest BCUT2D eigenvalue weighted by Crippen LogP contribution is 2.31. The summed E-state index contributed by atoms with van der Waals surface area (Å²) >= 11 is 5.37. The van der Waals surface area contributed by atoms with E-state index in [4.69, 9.17) is 4.98 Å². The number of benzene rings is 2. The van der Waals surface area contributed by atoms with E-state index < -0.39 is 0 Å². The van der Waals surface area contributed by atoms with E-state index in [2.05, 4.69) is 69.0 Å². The second-order valence-electron chi connectivity index (χ2n) is 7.01. The lowest BCUT2D eigenvalue weighted by Crippen LogP contribution is -2.30. The Labute approximate surface area is 211 Å². The molecule has 0 spiro atoms. The molecule has 0 unspecified atom stereocenters. The van der Waals surface area contributed by atoms with Crippen LogP contribution in [-0.2, 0) is 19.4 Å². The zero-order valence-electron chi connectivity index (χ0n) is 20.4. The lowest BCUT2D eigenvalue weighted by atomic mass is 10.0. The fraction of sp³-hybridized carbons (Fsp3) is 0.333. The Morgan fingerprint density at radius 1 is 1.15 bits per heavy atom. The zero-order chi connectivity index (χ0) is 24.2. The monoisotopic (exact) mass is 526 g/mol. The molecule has 0 bridgehead atoms. The van der Waals surface area contributed by atoms with E-state index in [0.717, 1.165) is 41.2 Å². The average molecular weight is 528 g/mol. The molecule has 4 rings (SSSR count). The summed E-state index contributed by atoms with van der Waals surface area (Å²) in [7, 11) is 0. The van der Waals surface area contributed by atoms with Gasteiger partial charge in [-0.15, -0.1) is 11.3 Å². The Kier molecular flexibility index (Phi) is 11.3.